The first-order chi connectivity index (χ1) is 11.4. The van der Waals surface area contributed by atoms with Gasteiger partial charge in [-0.2, -0.15) is 26.3 Å². The summed E-state index contributed by atoms with van der Waals surface area (Å²) < 4.78 is 100. The van der Waals surface area contributed by atoms with E-state index in [0.717, 1.165) is 7.11 Å². The Morgan fingerprint density at radius 2 is 1.40 bits per heavy atom. The Balaban J connectivity index is 3.05. The summed E-state index contributed by atoms with van der Waals surface area (Å²) in [5, 5.41) is 0. The third-order valence-electron chi connectivity index (χ3n) is 3.81. The van der Waals surface area contributed by atoms with Crippen molar-refractivity contribution in [1.82, 2.24) is 0 Å². The van der Waals surface area contributed by atoms with Gasteiger partial charge in [0.25, 0.3) is 0 Å². The average Bonchev–Trinajstić information content (AvgIpc) is 2.51. The zero-order valence-corrected chi connectivity index (χ0v) is 13.8. The van der Waals surface area contributed by atoms with Crippen molar-refractivity contribution in [3.63, 3.8) is 0 Å². The molecular formula is C16H19F7O2. The standard InChI is InChI=1S/C16H19F7O2/c1-4-10(2)25-12-7-5-11(6-8-12)13(24-3)9-14(17,15(18,19)20)16(21,22)23/h5-8,10,13H,4,9H2,1-3H3. The summed E-state index contributed by atoms with van der Waals surface area (Å²) >= 11 is 0. The van der Waals surface area contributed by atoms with Crippen LogP contribution in [0, 0.1) is 0 Å². The summed E-state index contributed by atoms with van der Waals surface area (Å²) in [6.07, 6.45) is -15.3. The van der Waals surface area contributed by atoms with E-state index in [1.165, 1.54) is 24.3 Å². The molecule has 0 bridgehead atoms. The average molecular weight is 376 g/mol. The molecule has 2 unspecified atom stereocenters. The molecule has 0 saturated heterocycles. The Morgan fingerprint density at radius 3 is 1.76 bits per heavy atom. The molecule has 0 saturated carbocycles. The van der Waals surface area contributed by atoms with Gasteiger partial charge in [-0.05, 0) is 31.0 Å². The van der Waals surface area contributed by atoms with Crippen molar-refractivity contribution in [3.05, 3.63) is 29.8 Å². The van der Waals surface area contributed by atoms with Crippen LogP contribution in [0.2, 0.25) is 0 Å². The number of halogens is 7. The maximum atomic E-state index is 13.9. The summed E-state index contributed by atoms with van der Waals surface area (Å²) in [5.41, 5.74) is -5.39. The SMILES string of the molecule is CCC(C)Oc1ccc(C(CC(F)(C(F)(F)F)C(F)(F)F)OC)cc1. The first kappa shape index (κ1) is 21.5. The molecule has 0 aliphatic carbocycles. The first-order valence-corrected chi connectivity index (χ1v) is 7.47. The zero-order valence-electron chi connectivity index (χ0n) is 13.8. The number of ether oxygens (including phenoxy) is 2. The fourth-order valence-corrected chi connectivity index (χ4v) is 2.06. The van der Waals surface area contributed by atoms with Gasteiger partial charge in [0.1, 0.15) is 5.75 Å². The van der Waals surface area contributed by atoms with Gasteiger partial charge < -0.3 is 9.47 Å². The minimum Gasteiger partial charge on any atom is -0.491 e. The number of benzene rings is 1. The lowest BCUT2D eigenvalue weighted by molar-refractivity contribution is -0.348. The van der Waals surface area contributed by atoms with Crippen LogP contribution in [-0.2, 0) is 4.74 Å². The van der Waals surface area contributed by atoms with Gasteiger partial charge in [0.15, 0.2) is 0 Å². The molecule has 25 heavy (non-hydrogen) atoms. The van der Waals surface area contributed by atoms with E-state index in [1.807, 2.05) is 6.92 Å². The highest BCUT2D eigenvalue weighted by atomic mass is 19.4. The maximum Gasteiger partial charge on any atom is 0.431 e. The van der Waals surface area contributed by atoms with E-state index < -0.39 is 30.5 Å². The van der Waals surface area contributed by atoms with Crippen LogP contribution >= 0.6 is 0 Å². The van der Waals surface area contributed by atoms with Gasteiger partial charge in [0, 0.05) is 13.5 Å². The fraction of sp³-hybridized carbons (Fsp3) is 0.625. The van der Waals surface area contributed by atoms with E-state index >= 15 is 0 Å². The van der Waals surface area contributed by atoms with Gasteiger partial charge in [-0.1, -0.05) is 19.1 Å². The summed E-state index contributed by atoms with van der Waals surface area (Å²) in [6.45, 7) is 3.69. The van der Waals surface area contributed by atoms with Gasteiger partial charge >= 0.3 is 18.0 Å². The smallest absolute Gasteiger partial charge is 0.431 e. The predicted octanol–water partition coefficient (Wildman–Crippen LogP) is 5.77. The second-order valence-corrected chi connectivity index (χ2v) is 5.63. The fourth-order valence-electron chi connectivity index (χ4n) is 2.06. The lowest BCUT2D eigenvalue weighted by atomic mass is 9.92. The van der Waals surface area contributed by atoms with Crippen molar-refractivity contribution in [2.75, 3.05) is 7.11 Å². The van der Waals surface area contributed by atoms with Crippen molar-refractivity contribution in [2.24, 2.45) is 0 Å². The lowest BCUT2D eigenvalue weighted by Gasteiger charge is -2.32. The number of hydrogen-bond acceptors (Lipinski definition) is 2. The van der Waals surface area contributed by atoms with Crippen molar-refractivity contribution >= 4 is 0 Å². The molecular weight excluding hydrogens is 357 g/mol. The van der Waals surface area contributed by atoms with E-state index in [0.29, 0.717) is 12.2 Å². The molecule has 2 atom stereocenters. The molecule has 0 spiro atoms. The topological polar surface area (TPSA) is 18.5 Å². The number of rotatable bonds is 7. The van der Waals surface area contributed by atoms with Gasteiger partial charge in [0.05, 0.1) is 12.2 Å². The van der Waals surface area contributed by atoms with Crippen LogP contribution in [0.15, 0.2) is 24.3 Å². The van der Waals surface area contributed by atoms with Crippen LogP contribution in [0.1, 0.15) is 38.4 Å². The first-order valence-electron chi connectivity index (χ1n) is 7.47. The van der Waals surface area contributed by atoms with Gasteiger partial charge in [-0.3, -0.25) is 0 Å². The van der Waals surface area contributed by atoms with Crippen molar-refractivity contribution in [3.8, 4) is 5.75 Å². The summed E-state index contributed by atoms with van der Waals surface area (Å²) in [7, 11) is 0.918. The third kappa shape index (κ3) is 4.99. The highest BCUT2D eigenvalue weighted by Crippen LogP contribution is 2.51. The minimum atomic E-state index is -6.11. The molecule has 0 aliphatic rings. The lowest BCUT2D eigenvalue weighted by Crippen LogP contribution is -2.54. The second-order valence-electron chi connectivity index (χ2n) is 5.63. The Hall–Kier alpha value is -1.51. The molecule has 144 valence electrons. The largest absolute Gasteiger partial charge is 0.491 e. The molecule has 1 aromatic carbocycles. The number of methoxy groups -OCH3 is 1. The summed E-state index contributed by atoms with van der Waals surface area (Å²) in [5.74, 6) is 0.395. The third-order valence-corrected chi connectivity index (χ3v) is 3.81. The highest BCUT2D eigenvalue weighted by molar-refractivity contribution is 5.29. The Kier molecular flexibility index (Phi) is 6.72. The van der Waals surface area contributed by atoms with Crippen molar-refractivity contribution in [1.29, 1.82) is 0 Å². The zero-order chi connectivity index (χ0) is 19.5. The van der Waals surface area contributed by atoms with Gasteiger partial charge in [-0.25, -0.2) is 4.39 Å². The molecule has 2 nitrogen and oxygen atoms in total. The normalized spacial score (nSPS) is 15.8. The Labute approximate surface area is 140 Å². The quantitative estimate of drug-likeness (QED) is 0.562. The van der Waals surface area contributed by atoms with E-state index in [9.17, 15) is 30.7 Å². The van der Waals surface area contributed by atoms with Crippen LogP contribution in [0.3, 0.4) is 0 Å². The summed E-state index contributed by atoms with van der Waals surface area (Å²) in [4.78, 5) is 0. The van der Waals surface area contributed by atoms with E-state index in [1.54, 1.807) is 6.92 Å². The van der Waals surface area contributed by atoms with E-state index in [-0.39, 0.29) is 11.7 Å². The molecule has 9 heteroatoms. The minimum absolute atomic E-state index is 0.0190. The molecule has 0 aromatic heterocycles. The molecule has 0 fully saturated rings. The van der Waals surface area contributed by atoms with Gasteiger partial charge in [-0.15, -0.1) is 0 Å². The van der Waals surface area contributed by atoms with Gasteiger partial charge in [0.2, 0.25) is 0 Å². The molecule has 0 heterocycles. The van der Waals surface area contributed by atoms with Crippen LogP contribution in [-0.4, -0.2) is 31.2 Å². The summed E-state index contributed by atoms with van der Waals surface area (Å²) in [6, 6.07) is 5.27. The van der Waals surface area contributed by atoms with E-state index in [4.69, 9.17) is 4.74 Å². The van der Waals surface area contributed by atoms with Crippen molar-refractivity contribution in [2.45, 2.75) is 56.9 Å². The second kappa shape index (κ2) is 7.80. The Bertz CT molecular complexity index is 523. The van der Waals surface area contributed by atoms with Crippen LogP contribution in [0.5, 0.6) is 5.75 Å². The van der Waals surface area contributed by atoms with Crippen LogP contribution in [0.4, 0.5) is 30.7 Å². The number of hydrogen-bond donors (Lipinski definition) is 0. The van der Waals surface area contributed by atoms with Crippen LogP contribution in [0.25, 0.3) is 0 Å². The monoisotopic (exact) mass is 376 g/mol. The predicted molar refractivity (Wildman–Crippen MR) is 77.1 cm³/mol. The van der Waals surface area contributed by atoms with Crippen LogP contribution < -0.4 is 4.74 Å². The molecule has 1 rings (SSSR count). The maximum absolute atomic E-state index is 13.9. The van der Waals surface area contributed by atoms with Crippen molar-refractivity contribution < 1.29 is 40.2 Å². The van der Waals surface area contributed by atoms with E-state index in [2.05, 4.69) is 4.74 Å². The molecule has 1 aromatic rings. The number of alkyl halides is 7. The molecule has 0 N–H and O–H groups in total. The molecule has 0 amide bonds. The highest BCUT2D eigenvalue weighted by Gasteiger charge is 2.72. The molecule has 0 radical (unpaired) electrons. The molecule has 0 aliphatic heterocycles. The Morgan fingerprint density at radius 1 is 0.920 bits per heavy atom.